The lowest BCUT2D eigenvalue weighted by Crippen LogP contribution is -2.16. The zero-order valence-electron chi connectivity index (χ0n) is 12.8. The maximum Gasteiger partial charge on any atom is 0.251 e. The molecule has 0 unspecified atom stereocenters. The highest BCUT2D eigenvalue weighted by atomic mass is 32.1. The first-order valence-corrected chi connectivity index (χ1v) is 8.69. The maximum absolute atomic E-state index is 12.0. The van der Waals surface area contributed by atoms with E-state index in [2.05, 4.69) is 36.0 Å². The van der Waals surface area contributed by atoms with Crippen LogP contribution in [0.2, 0.25) is 0 Å². The van der Waals surface area contributed by atoms with Crippen LogP contribution in [0.5, 0.6) is 0 Å². The number of carbonyl (C=O) groups is 1. The Kier molecular flexibility index (Phi) is 4.44. The van der Waals surface area contributed by atoms with Crippen LogP contribution < -0.4 is 4.80 Å². The molecule has 1 amide bonds. The molecule has 3 rings (SSSR count). The Labute approximate surface area is 134 Å². The number of rotatable bonds is 5. The van der Waals surface area contributed by atoms with Gasteiger partial charge < -0.3 is 4.57 Å². The molecule has 0 atom stereocenters. The van der Waals surface area contributed by atoms with Crippen molar-refractivity contribution in [3.05, 3.63) is 28.6 Å². The second-order valence-electron chi connectivity index (χ2n) is 5.80. The van der Waals surface area contributed by atoms with E-state index in [0.29, 0.717) is 6.54 Å². The number of fused-ring (bicyclic) bond motifs is 1. The number of amides is 1. The molecule has 1 heterocycles. The first-order chi connectivity index (χ1) is 10.7. The van der Waals surface area contributed by atoms with Crippen LogP contribution in [0.25, 0.3) is 10.2 Å². The van der Waals surface area contributed by atoms with E-state index in [1.165, 1.54) is 18.4 Å². The first-order valence-electron chi connectivity index (χ1n) is 7.87. The maximum atomic E-state index is 12.0. The summed E-state index contributed by atoms with van der Waals surface area (Å²) in [7, 11) is 0. The van der Waals surface area contributed by atoms with Crippen molar-refractivity contribution in [2.24, 2.45) is 10.9 Å². The van der Waals surface area contributed by atoms with Crippen LogP contribution in [0.4, 0.5) is 0 Å². The number of unbranched alkanes of at least 4 members (excludes halogenated alkanes) is 1. The van der Waals surface area contributed by atoms with Crippen molar-refractivity contribution in [1.82, 2.24) is 4.57 Å². The van der Waals surface area contributed by atoms with Gasteiger partial charge in [0.2, 0.25) is 0 Å². The monoisotopic (exact) mass is 312 g/mol. The van der Waals surface area contributed by atoms with Crippen LogP contribution in [0.3, 0.4) is 0 Å². The number of aromatic nitrogens is 1. The number of hydrogen-bond acceptors (Lipinski definition) is 2. The molecule has 1 saturated carbocycles. The fourth-order valence-corrected chi connectivity index (χ4v) is 3.60. The van der Waals surface area contributed by atoms with Crippen molar-refractivity contribution in [2.45, 2.75) is 45.6 Å². The van der Waals surface area contributed by atoms with Crippen molar-refractivity contribution in [3.63, 3.8) is 0 Å². The smallest absolute Gasteiger partial charge is 0.251 e. The minimum absolute atomic E-state index is 0.00327. The lowest BCUT2D eigenvalue weighted by molar-refractivity contribution is -0.119. The Balaban J connectivity index is 2.04. The van der Waals surface area contributed by atoms with Gasteiger partial charge in [0.1, 0.15) is 0 Å². The Morgan fingerprint density at radius 2 is 2.32 bits per heavy atom. The zero-order valence-corrected chi connectivity index (χ0v) is 13.7. The molecule has 1 aliphatic rings. The van der Waals surface area contributed by atoms with Crippen LogP contribution in [-0.4, -0.2) is 10.5 Å². The van der Waals surface area contributed by atoms with Gasteiger partial charge >= 0.3 is 0 Å². The summed E-state index contributed by atoms with van der Waals surface area (Å²) >= 11 is 1.56. The zero-order chi connectivity index (χ0) is 15.5. The van der Waals surface area contributed by atoms with Gasteiger partial charge in [-0.3, -0.25) is 4.79 Å². The summed E-state index contributed by atoms with van der Waals surface area (Å²) in [4.78, 5) is 17.0. The number of carbonyl (C=O) groups excluding carboxylic acids is 1. The summed E-state index contributed by atoms with van der Waals surface area (Å²) in [6.07, 6.45) is 10.9. The minimum Gasteiger partial charge on any atom is -0.305 e. The molecule has 0 radical (unpaired) electrons. The molecule has 0 N–H and O–H groups in total. The molecular formula is C18H20N2OS. The Hall–Kier alpha value is -1.86. The van der Waals surface area contributed by atoms with Gasteiger partial charge in [-0.1, -0.05) is 36.7 Å². The minimum atomic E-state index is 0.00327. The molecule has 22 heavy (non-hydrogen) atoms. The van der Waals surface area contributed by atoms with Gasteiger partial charge in [0.15, 0.2) is 4.80 Å². The third kappa shape index (κ3) is 3.15. The molecule has 1 aliphatic carbocycles. The second-order valence-corrected chi connectivity index (χ2v) is 6.81. The van der Waals surface area contributed by atoms with E-state index in [1.807, 2.05) is 4.57 Å². The lowest BCUT2D eigenvalue weighted by atomic mass is 10.1. The number of benzene rings is 1. The van der Waals surface area contributed by atoms with E-state index >= 15 is 0 Å². The highest BCUT2D eigenvalue weighted by Crippen LogP contribution is 2.30. The van der Waals surface area contributed by atoms with Gasteiger partial charge in [0.05, 0.1) is 16.8 Å². The molecule has 0 bridgehead atoms. The van der Waals surface area contributed by atoms with Crippen molar-refractivity contribution < 1.29 is 4.79 Å². The van der Waals surface area contributed by atoms with Crippen LogP contribution in [-0.2, 0) is 17.8 Å². The van der Waals surface area contributed by atoms with Crippen molar-refractivity contribution in [3.8, 4) is 12.3 Å². The molecular weight excluding hydrogens is 292 g/mol. The topological polar surface area (TPSA) is 34.4 Å². The normalized spacial score (nSPS) is 15.2. The van der Waals surface area contributed by atoms with E-state index in [1.54, 1.807) is 11.3 Å². The van der Waals surface area contributed by atoms with Gasteiger partial charge in [-0.05, 0) is 43.4 Å². The van der Waals surface area contributed by atoms with Crippen LogP contribution >= 0.6 is 11.3 Å². The van der Waals surface area contributed by atoms with Gasteiger partial charge in [0.25, 0.3) is 5.91 Å². The summed E-state index contributed by atoms with van der Waals surface area (Å²) in [5, 5.41) is 0. The Morgan fingerprint density at radius 1 is 1.50 bits per heavy atom. The van der Waals surface area contributed by atoms with Gasteiger partial charge in [-0.2, -0.15) is 4.99 Å². The number of nitrogens with zero attached hydrogens (tertiary/aromatic N) is 2. The fourth-order valence-electron chi connectivity index (χ4n) is 2.50. The molecule has 1 aromatic carbocycles. The SMILES string of the molecule is C#CCn1c(=NC(=O)C2CC2)sc2cc(CCCC)ccc21. The molecule has 0 spiro atoms. The summed E-state index contributed by atoms with van der Waals surface area (Å²) in [5.74, 6) is 2.81. The molecule has 1 fully saturated rings. The largest absolute Gasteiger partial charge is 0.305 e. The molecule has 0 aliphatic heterocycles. The molecule has 114 valence electrons. The standard InChI is InChI=1S/C18H20N2OS/c1-3-5-6-13-7-10-15-16(12-13)22-18(20(15)11-4-2)19-17(21)14-8-9-14/h2,7,10,12,14H,3,5-6,8-9,11H2,1H3. The summed E-state index contributed by atoms with van der Waals surface area (Å²) in [6.45, 7) is 2.65. The molecule has 3 nitrogen and oxygen atoms in total. The summed E-state index contributed by atoms with van der Waals surface area (Å²) in [5.41, 5.74) is 2.41. The van der Waals surface area contributed by atoms with Crippen LogP contribution in [0.1, 0.15) is 38.2 Å². The molecule has 2 aromatic rings. The van der Waals surface area contributed by atoms with Crippen molar-refractivity contribution in [2.75, 3.05) is 0 Å². The molecule has 0 saturated heterocycles. The van der Waals surface area contributed by atoms with Gasteiger partial charge in [0, 0.05) is 5.92 Å². The number of aryl methyl sites for hydroxylation is 1. The summed E-state index contributed by atoms with van der Waals surface area (Å²) in [6, 6.07) is 6.47. The number of terminal acetylenes is 1. The third-order valence-electron chi connectivity index (χ3n) is 3.95. The van der Waals surface area contributed by atoms with Crippen molar-refractivity contribution >= 4 is 27.5 Å². The number of thiazole rings is 1. The highest BCUT2D eigenvalue weighted by molar-refractivity contribution is 7.16. The Bertz CT molecular complexity index is 803. The fraction of sp³-hybridized carbons (Fsp3) is 0.444. The van der Waals surface area contributed by atoms with Crippen LogP contribution in [0.15, 0.2) is 23.2 Å². The predicted octanol–water partition coefficient (Wildman–Crippen LogP) is 3.52. The lowest BCUT2D eigenvalue weighted by Gasteiger charge is -2.02. The van der Waals surface area contributed by atoms with Crippen LogP contribution in [0, 0.1) is 18.3 Å². The van der Waals surface area contributed by atoms with E-state index in [4.69, 9.17) is 6.42 Å². The Morgan fingerprint density at radius 3 is 3.00 bits per heavy atom. The molecule has 1 aromatic heterocycles. The quantitative estimate of drug-likeness (QED) is 0.778. The van der Waals surface area contributed by atoms with Gasteiger partial charge in [-0.15, -0.1) is 6.42 Å². The van der Waals surface area contributed by atoms with Gasteiger partial charge in [-0.25, -0.2) is 0 Å². The van der Waals surface area contributed by atoms with E-state index < -0.39 is 0 Å². The summed E-state index contributed by atoms with van der Waals surface area (Å²) < 4.78 is 3.13. The average molecular weight is 312 g/mol. The van der Waals surface area contributed by atoms with E-state index in [9.17, 15) is 4.79 Å². The van der Waals surface area contributed by atoms with E-state index in [0.717, 1.165) is 34.3 Å². The van der Waals surface area contributed by atoms with E-state index in [-0.39, 0.29) is 11.8 Å². The second kappa shape index (κ2) is 6.50. The predicted molar refractivity (Wildman–Crippen MR) is 90.6 cm³/mol. The first kappa shape index (κ1) is 15.1. The third-order valence-corrected chi connectivity index (χ3v) is 4.99. The highest BCUT2D eigenvalue weighted by Gasteiger charge is 2.29. The van der Waals surface area contributed by atoms with Crippen molar-refractivity contribution in [1.29, 1.82) is 0 Å². The molecule has 4 heteroatoms. The number of hydrogen-bond donors (Lipinski definition) is 0. The average Bonchev–Trinajstić information content (AvgIpc) is 3.31.